The van der Waals surface area contributed by atoms with Gasteiger partial charge in [-0.1, -0.05) is 18.2 Å². The number of hydroxylamine groups is 1. The number of carbonyl (C=O) groups is 1. The number of benzene rings is 2. The number of rotatable bonds is 9. The Bertz CT molecular complexity index is 1580. The van der Waals surface area contributed by atoms with E-state index in [0.717, 1.165) is 27.8 Å². The van der Waals surface area contributed by atoms with Gasteiger partial charge in [0.05, 0.1) is 40.0 Å². The van der Waals surface area contributed by atoms with Gasteiger partial charge in [0, 0.05) is 29.4 Å². The number of amides is 1. The van der Waals surface area contributed by atoms with E-state index >= 15 is 0 Å². The highest BCUT2D eigenvalue weighted by Gasteiger charge is 2.46. The third-order valence-electron chi connectivity index (χ3n) is 7.13. The number of hydrogen-bond acceptors (Lipinski definition) is 8. The molecule has 1 aliphatic rings. The van der Waals surface area contributed by atoms with Gasteiger partial charge in [-0.15, -0.1) is 0 Å². The van der Waals surface area contributed by atoms with Gasteiger partial charge in [0.25, 0.3) is 0 Å². The average Bonchev–Trinajstić information content (AvgIpc) is 3.34. The molecule has 1 amide bonds. The number of anilines is 1. The van der Waals surface area contributed by atoms with Crippen LogP contribution in [0.4, 0.5) is 5.69 Å². The quantitative estimate of drug-likeness (QED) is 0.236. The lowest BCUT2D eigenvalue weighted by molar-refractivity contribution is -0.130. The third-order valence-corrected chi connectivity index (χ3v) is 9.04. The molecule has 1 aliphatic heterocycles. The van der Waals surface area contributed by atoms with Crippen LogP contribution in [0.15, 0.2) is 84.0 Å². The predicted molar refractivity (Wildman–Crippen MR) is 147 cm³/mol. The number of pyridine rings is 2. The Morgan fingerprint density at radius 2 is 1.92 bits per heavy atom. The van der Waals surface area contributed by atoms with Crippen molar-refractivity contribution in [3.05, 3.63) is 90.4 Å². The SMILES string of the molecule is Cc1cc(COc2ccc(S(=O)(=O)CC3(CC(=O)NO)CCCN3c3cccnc3)cc2)c2ccccc2n1. The average molecular weight is 547 g/mol. The van der Waals surface area contributed by atoms with Crippen molar-refractivity contribution in [2.75, 3.05) is 17.2 Å². The van der Waals surface area contributed by atoms with Crippen molar-refractivity contribution < 1.29 is 23.2 Å². The molecule has 0 saturated carbocycles. The van der Waals surface area contributed by atoms with Gasteiger partial charge in [0.15, 0.2) is 9.84 Å². The van der Waals surface area contributed by atoms with Crippen molar-refractivity contribution in [1.82, 2.24) is 15.4 Å². The van der Waals surface area contributed by atoms with E-state index in [1.165, 1.54) is 12.1 Å². The van der Waals surface area contributed by atoms with Gasteiger partial charge < -0.3 is 9.64 Å². The van der Waals surface area contributed by atoms with Crippen LogP contribution in [0.2, 0.25) is 0 Å². The van der Waals surface area contributed by atoms with E-state index in [1.807, 2.05) is 48.2 Å². The number of hydrogen-bond donors (Lipinski definition) is 2. The van der Waals surface area contributed by atoms with Crippen molar-refractivity contribution in [3.8, 4) is 5.75 Å². The number of nitrogens with zero attached hydrogens (tertiary/aromatic N) is 3. The topological polar surface area (TPSA) is 122 Å². The molecule has 5 rings (SSSR count). The van der Waals surface area contributed by atoms with E-state index in [9.17, 15) is 18.4 Å². The lowest BCUT2D eigenvalue weighted by Gasteiger charge is -2.39. The molecule has 1 atom stereocenters. The second-order valence-electron chi connectivity index (χ2n) is 9.86. The monoisotopic (exact) mass is 546 g/mol. The van der Waals surface area contributed by atoms with Gasteiger partial charge in [0.2, 0.25) is 5.91 Å². The third kappa shape index (κ3) is 5.71. The molecule has 1 saturated heterocycles. The van der Waals surface area contributed by atoms with Crippen LogP contribution in [-0.2, 0) is 21.2 Å². The van der Waals surface area contributed by atoms with Gasteiger partial charge >= 0.3 is 0 Å². The molecule has 0 bridgehead atoms. The Balaban J connectivity index is 1.36. The second kappa shape index (κ2) is 11.0. The Kier molecular flexibility index (Phi) is 7.49. The zero-order valence-corrected chi connectivity index (χ0v) is 22.4. The lowest BCUT2D eigenvalue weighted by Crippen LogP contribution is -2.52. The van der Waals surface area contributed by atoms with Gasteiger partial charge in [-0.2, -0.15) is 0 Å². The summed E-state index contributed by atoms with van der Waals surface area (Å²) in [4.78, 5) is 23.1. The van der Waals surface area contributed by atoms with Gasteiger partial charge in [-0.3, -0.25) is 20.0 Å². The van der Waals surface area contributed by atoms with Crippen LogP contribution in [0.25, 0.3) is 10.9 Å². The van der Waals surface area contributed by atoms with Crippen LogP contribution in [0.5, 0.6) is 5.75 Å². The molecule has 9 nitrogen and oxygen atoms in total. The normalized spacial score (nSPS) is 17.3. The fourth-order valence-electron chi connectivity index (χ4n) is 5.43. The Hall–Kier alpha value is -4.02. The maximum Gasteiger partial charge on any atom is 0.245 e. The molecule has 1 fully saturated rings. The van der Waals surface area contributed by atoms with Crippen molar-refractivity contribution in [2.45, 2.75) is 43.2 Å². The summed E-state index contributed by atoms with van der Waals surface area (Å²) in [6.45, 7) is 2.83. The van der Waals surface area contributed by atoms with Crippen molar-refractivity contribution in [3.63, 3.8) is 0 Å². The zero-order valence-electron chi connectivity index (χ0n) is 21.6. The number of carbonyl (C=O) groups excluding carboxylic acids is 1. The fourth-order valence-corrected chi connectivity index (χ4v) is 7.26. The molecule has 2 aromatic heterocycles. The molecule has 202 valence electrons. The number of ether oxygens (including phenoxy) is 1. The lowest BCUT2D eigenvalue weighted by atomic mass is 9.93. The molecule has 4 aromatic rings. The van der Waals surface area contributed by atoms with Crippen LogP contribution in [0, 0.1) is 6.92 Å². The summed E-state index contributed by atoms with van der Waals surface area (Å²) in [5, 5.41) is 10.2. The van der Waals surface area contributed by atoms with E-state index in [4.69, 9.17) is 4.74 Å². The predicted octanol–water partition coefficient (Wildman–Crippen LogP) is 4.23. The standard InChI is InChI=1S/C29H30N4O5S/c1-21-16-22(26-7-2-3-8-27(26)31-21)19-38-24-9-11-25(12-10-24)39(36,37)20-29(17-28(34)32-35)13-5-15-33(29)23-6-4-14-30-18-23/h2-4,6-12,14,16,18,35H,5,13,15,17,19-20H2,1H3,(H,32,34). The highest BCUT2D eigenvalue weighted by atomic mass is 32.2. The second-order valence-corrected chi connectivity index (χ2v) is 11.9. The van der Waals surface area contributed by atoms with Crippen LogP contribution in [-0.4, -0.2) is 47.3 Å². The van der Waals surface area contributed by atoms with Crippen molar-refractivity contribution in [1.29, 1.82) is 0 Å². The summed E-state index contributed by atoms with van der Waals surface area (Å²) < 4.78 is 33.3. The summed E-state index contributed by atoms with van der Waals surface area (Å²) >= 11 is 0. The van der Waals surface area contributed by atoms with Crippen LogP contribution in [0.3, 0.4) is 0 Å². The van der Waals surface area contributed by atoms with Crippen LogP contribution >= 0.6 is 0 Å². The van der Waals surface area contributed by atoms with Crippen molar-refractivity contribution in [2.24, 2.45) is 0 Å². The number of fused-ring (bicyclic) bond motifs is 1. The summed E-state index contributed by atoms with van der Waals surface area (Å²) in [6, 6.07) is 19.8. The summed E-state index contributed by atoms with van der Waals surface area (Å²) in [5.41, 5.74) is 4.16. The zero-order chi connectivity index (χ0) is 27.5. The van der Waals surface area contributed by atoms with E-state index in [0.29, 0.717) is 31.7 Å². The van der Waals surface area contributed by atoms with E-state index in [1.54, 1.807) is 36.1 Å². The summed E-state index contributed by atoms with van der Waals surface area (Å²) in [7, 11) is -3.80. The minimum atomic E-state index is -3.80. The smallest absolute Gasteiger partial charge is 0.245 e. The number of nitrogens with one attached hydrogen (secondary N) is 1. The molecule has 0 spiro atoms. The summed E-state index contributed by atoms with van der Waals surface area (Å²) in [5.74, 6) is -0.381. The fraction of sp³-hybridized carbons (Fsp3) is 0.276. The minimum absolute atomic E-state index is 0.141. The molecule has 2 N–H and O–H groups in total. The molecule has 1 unspecified atom stereocenters. The first kappa shape index (κ1) is 26.6. The number of sulfone groups is 1. The first-order chi connectivity index (χ1) is 18.8. The number of aromatic nitrogens is 2. The van der Waals surface area contributed by atoms with Gasteiger partial charge in [-0.05, 0) is 68.3 Å². The number of para-hydroxylation sites is 1. The van der Waals surface area contributed by atoms with E-state index < -0.39 is 21.3 Å². The maximum atomic E-state index is 13.6. The maximum absolute atomic E-state index is 13.6. The van der Waals surface area contributed by atoms with Crippen LogP contribution in [0.1, 0.15) is 30.5 Å². The summed E-state index contributed by atoms with van der Waals surface area (Å²) in [6.07, 6.45) is 4.32. The van der Waals surface area contributed by atoms with E-state index in [-0.39, 0.29) is 17.1 Å². The molecule has 3 heterocycles. The molecular weight excluding hydrogens is 516 g/mol. The number of aryl methyl sites for hydroxylation is 1. The van der Waals surface area contributed by atoms with E-state index in [2.05, 4.69) is 9.97 Å². The highest BCUT2D eigenvalue weighted by Crippen LogP contribution is 2.39. The molecule has 0 aliphatic carbocycles. The highest BCUT2D eigenvalue weighted by molar-refractivity contribution is 7.91. The minimum Gasteiger partial charge on any atom is -0.489 e. The van der Waals surface area contributed by atoms with Crippen LogP contribution < -0.4 is 15.1 Å². The molecular formula is C29H30N4O5S. The molecule has 10 heteroatoms. The Labute approximate surface area is 227 Å². The van der Waals surface area contributed by atoms with Gasteiger partial charge in [-0.25, -0.2) is 13.9 Å². The first-order valence-electron chi connectivity index (χ1n) is 12.7. The Morgan fingerprint density at radius 1 is 1.13 bits per heavy atom. The molecule has 2 aromatic carbocycles. The first-order valence-corrected chi connectivity index (χ1v) is 14.4. The van der Waals surface area contributed by atoms with Gasteiger partial charge in [0.1, 0.15) is 12.4 Å². The molecule has 39 heavy (non-hydrogen) atoms. The van der Waals surface area contributed by atoms with Crippen molar-refractivity contribution >= 4 is 32.3 Å². The largest absolute Gasteiger partial charge is 0.489 e. The molecule has 0 radical (unpaired) electrons. The Morgan fingerprint density at radius 3 is 2.67 bits per heavy atom.